The summed E-state index contributed by atoms with van der Waals surface area (Å²) in [5.41, 5.74) is 1.73. The maximum atomic E-state index is 12.2. The Morgan fingerprint density at radius 1 is 1.32 bits per heavy atom. The molecule has 1 N–H and O–H groups in total. The second kappa shape index (κ2) is 9.85. The predicted octanol–water partition coefficient (Wildman–Crippen LogP) is 4.84. The van der Waals surface area contributed by atoms with Crippen LogP contribution in [0.15, 0.2) is 36.0 Å². The molecule has 4 aliphatic rings. The maximum Gasteiger partial charge on any atom is 0.338 e. The Labute approximate surface area is 204 Å². The van der Waals surface area contributed by atoms with Crippen molar-refractivity contribution in [2.24, 2.45) is 28.6 Å². The van der Waals surface area contributed by atoms with Crippen molar-refractivity contribution >= 4 is 20.5 Å². The molecule has 0 bridgehead atoms. The SMILES string of the molecule is C=C1CCC2[C@](C)(CC[C@H]3OP(NC(C(=O)OC)C(C)C)OC[C@@]23C)C1/C=C/C1=CCOC1=O. The molecule has 2 saturated carbocycles. The topological polar surface area (TPSA) is 83.1 Å². The third kappa shape index (κ3) is 4.53. The molecule has 34 heavy (non-hydrogen) atoms. The second-order valence-corrected chi connectivity index (χ2v) is 12.1. The molecule has 7 nitrogen and oxygen atoms in total. The molecule has 0 amide bonds. The second-order valence-electron chi connectivity index (χ2n) is 10.9. The van der Waals surface area contributed by atoms with E-state index in [1.54, 1.807) is 0 Å². The van der Waals surface area contributed by atoms with Crippen molar-refractivity contribution < 1.29 is 28.1 Å². The standard InChI is InChI=1S/C26H38NO6P/c1-16(2)22(24(29)30-6)27-34-32-15-26(5)20-10-7-17(3)19(9-8-18-12-14-31-23(18)28)25(20,4)13-11-21(26)33-34/h8-9,12,16,19-22,27H,3,7,10-11,13-15H2,1-2,4-6H3/b9-8+/t19?,20?,21-,22?,25-,26+,34?/m1/s1. The van der Waals surface area contributed by atoms with E-state index in [9.17, 15) is 9.59 Å². The lowest BCUT2D eigenvalue weighted by atomic mass is 9.46. The first-order valence-corrected chi connectivity index (χ1v) is 13.4. The Balaban J connectivity index is 1.51. The fourth-order valence-electron chi connectivity index (χ4n) is 6.47. The molecule has 1 saturated heterocycles. The number of carbonyl (C=O) groups excluding carboxylic acids is 2. The molecule has 0 aromatic carbocycles. The number of fused-ring (bicyclic) bond motifs is 3. The number of hydrogen-bond donors (Lipinski definition) is 1. The molecule has 7 atom stereocenters. The van der Waals surface area contributed by atoms with Crippen molar-refractivity contribution in [3.63, 3.8) is 0 Å². The van der Waals surface area contributed by atoms with Gasteiger partial charge < -0.3 is 18.5 Å². The molecule has 0 radical (unpaired) electrons. The number of ether oxygens (including phenoxy) is 2. The van der Waals surface area contributed by atoms with Crippen molar-refractivity contribution in [1.29, 1.82) is 0 Å². The molecule has 2 aliphatic heterocycles. The zero-order valence-corrected chi connectivity index (χ0v) is 21.9. The van der Waals surface area contributed by atoms with Crippen LogP contribution in [-0.4, -0.2) is 44.4 Å². The number of allylic oxidation sites excluding steroid dienone is 2. The Hall–Kier alpha value is -1.53. The van der Waals surface area contributed by atoms with E-state index in [1.165, 1.54) is 12.7 Å². The van der Waals surface area contributed by atoms with E-state index in [-0.39, 0.29) is 40.7 Å². The van der Waals surface area contributed by atoms with Gasteiger partial charge >= 0.3 is 11.9 Å². The van der Waals surface area contributed by atoms with Gasteiger partial charge in [0.15, 0.2) is 0 Å². The highest BCUT2D eigenvalue weighted by atomic mass is 31.2. The van der Waals surface area contributed by atoms with Crippen LogP contribution in [0.4, 0.5) is 0 Å². The van der Waals surface area contributed by atoms with E-state index in [4.69, 9.17) is 18.5 Å². The highest BCUT2D eigenvalue weighted by Gasteiger charge is 2.60. The van der Waals surface area contributed by atoms with Crippen molar-refractivity contribution in [3.05, 3.63) is 36.0 Å². The zero-order valence-electron chi connectivity index (χ0n) is 21.0. The largest absolute Gasteiger partial charge is 0.468 e. The first-order valence-electron chi connectivity index (χ1n) is 12.3. The number of nitrogens with one attached hydrogen (secondary N) is 1. The number of cyclic esters (lactones) is 1. The van der Waals surface area contributed by atoms with Gasteiger partial charge in [-0.3, -0.25) is 4.79 Å². The number of rotatable bonds is 6. The Bertz CT molecular complexity index is 900. The highest BCUT2D eigenvalue weighted by molar-refractivity contribution is 7.45. The first-order chi connectivity index (χ1) is 16.1. The number of methoxy groups -OCH3 is 1. The molecule has 2 heterocycles. The minimum atomic E-state index is -1.38. The number of esters is 2. The van der Waals surface area contributed by atoms with Crippen LogP contribution in [-0.2, 0) is 28.1 Å². The fraction of sp³-hybridized carbons (Fsp3) is 0.692. The Morgan fingerprint density at radius 3 is 2.74 bits per heavy atom. The smallest absolute Gasteiger partial charge is 0.338 e. The summed E-state index contributed by atoms with van der Waals surface area (Å²) < 4.78 is 22.8. The van der Waals surface area contributed by atoms with Crippen molar-refractivity contribution in [3.8, 4) is 0 Å². The lowest BCUT2D eigenvalue weighted by molar-refractivity contribution is -0.154. The van der Waals surface area contributed by atoms with Crippen LogP contribution in [0.5, 0.6) is 0 Å². The van der Waals surface area contributed by atoms with Gasteiger partial charge in [0, 0.05) is 11.3 Å². The van der Waals surface area contributed by atoms with Crippen molar-refractivity contribution in [2.75, 3.05) is 20.3 Å². The molecule has 3 fully saturated rings. The monoisotopic (exact) mass is 491 g/mol. The van der Waals surface area contributed by atoms with Gasteiger partial charge in [0.1, 0.15) is 12.6 Å². The van der Waals surface area contributed by atoms with Crippen LogP contribution in [0.2, 0.25) is 0 Å². The Morgan fingerprint density at radius 2 is 2.09 bits per heavy atom. The first kappa shape index (κ1) is 25.6. The molecular formula is C26H38NO6P. The zero-order chi connectivity index (χ0) is 24.7. The minimum Gasteiger partial charge on any atom is -0.468 e. The lowest BCUT2D eigenvalue weighted by Gasteiger charge is -2.62. The lowest BCUT2D eigenvalue weighted by Crippen LogP contribution is -2.59. The molecular weight excluding hydrogens is 453 g/mol. The minimum absolute atomic E-state index is 0.00683. The third-order valence-electron chi connectivity index (χ3n) is 8.48. The molecule has 188 valence electrons. The molecule has 2 aliphatic carbocycles. The van der Waals surface area contributed by atoms with Gasteiger partial charge in [0.05, 0.1) is 25.4 Å². The van der Waals surface area contributed by atoms with E-state index in [2.05, 4.69) is 31.6 Å². The average molecular weight is 492 g/mol. The van der Waals surface area contributed by atoms with Gasteiger partial charge in [-0.1, -0.05) is 52.0 Å². The molecule has 0 aromatic heterocycles. The summed E-state index contributed by atoms with van der Waals surface area (Å²) >= 11 is 0. The predicted molar refractivity (Wildman–Crippen MR) is 131 cm³/mol. The van der Waals surface area contributed by atoms with Crippen LogP contribution in [0.25, 0.3) is 0 Å². The summed E-state index contributed by atoms with van der Waals surface area (Å²) in [4.78, 5) is 24.1. The summed E-state index contributed by atoms with van der Waals surface area (Å²) in [7, 11) is 0.0276. The van der Waals surface area contributed by atoms with Gasteiger partial charge in [0.2, 0.25) is 0 Å². The van der Waals surface area contributed by atoms with Crippen LogP contribution in [0, 0.1) is 28.6 Å². The molecule has 4 rings (SSSR count). The summed E-state index contributed by atoms with van der Waals surface area (Å²) in [6, 6.07) is -0.460. The van der Waals surface area contributed by atoms with E-state index in [0.717, 1.165) is 25.7 Å². The molecule has 0 aromatic rings. The molecule has 4 unspecified atom stereocenters. The third-order valence-corrected chi connectivity index (χ3v) is 9.78. The van der Waals surface area contributed by atoms with Gasteiger partial charge in [-0.2, -0.15) is 0 Å². The van der Waals surface area contributed by atoms with E-state index < -0.39 is 14.6 Å². The van der Waals surface area contributed by atoms with E-state index in [0.29, 0.717) is 24.7 Å². The Kier molecular flexibility index (Phi) is 7.40. The van der Waals surface area contributed by atoms with Crippen LogP contribution in [0.1, 0.15) is 53.4 Å². The van der Waals surface area contributed by atoms with Crippen molar-refractivity contribution in [2.45, 2.75) is 65.5 Å². The van der Waals surface area contributed by atoms with Crippen LogP contribution in [0.3, 0.4) is 0 Å². The summed E-state index contributed by atoms with van der Waals surface area (Å²) in [6.45, 7) is 14.0. The summed E-state index contributed by atoms with van der Waals surface area (Å²) in [6.07, 6.45) is 9.90. The van der Waals surface area contributed by atoms with Gasteiger partial charge in [-0.15, -0.1) is 0 Å². The average Bonchev–Trinajstić information content (AvgIpc) is 3.20. The molecule has 0 spiro atoms. The quantitative estimate of drug-likeness (QED) is 0.323. The van der Waals surface area contributed by atoms with E-state index in [1.807, 2.05) is 26.0 Å². The van der Waals surface area contributed by atoms with Crippen molar-refractivity contribution in [1.82, 2.24) is 5.09 Å². The van der Waals surface area contributed by atoms with Gasteiger partial charge in [0.25, 0.3) is 8.53 Å². The maximum absolute atomic E-state index is 12.2. The van der Waals surface area contributed by atoms with E-state index >= 15 is 0 Å². The summed E-state index contributed by atoms with van der Waals surface area (Å²) in [5, 5.41) is 3.28. The van der Waals surface area contributed by atoms with Gasteiger partial charge in [-0.25, -0.2) is 9.88 Å². The normalized spacial score (nSPS) is 38.8. The van der Waals surface area contributed by atoms with Crippen LogP contribution < -0.4 is 5.09 Å². The number of hydrogen-bond acceptors (Lipinski definition) is 7. The van der Waals surface area contributed by atoms with Gasteiger partial charge in [-0.05, 0) is 49.0 Å². The summed E-state index contributed by atoms with van der Waals surface area (Å²) in [5.74, 6) is 0.0912. The highest BCUT2D eigenvalue weighted by Crippen LogP contribution is 2.65. The number of carbonyl (C=O) groups is 2. The fourth-order valence-corrected chi connectivity index (χ4v) is 8.26. The molecule has 8 heteroatoms. The van der Waals surface area contributed by atoms with Crippen LogP contribution >= 0.6 is 8.53 Å².